The summed E-state index contributed by atoms with van der Waals surface area (Å²) in [4.78, 5) is 16.5. The number of rotatable bonds is 2. The van der Waals surface area contributed by atoms with Crippen LogP contribution in [0.3, 0.4) is 0 Å². The molecular weight excluding hydrogens is 224 g/mol. The van der Waals surface area contributed by atoms with Gasteiger partial charge in [-0.25, -0.2) is 0 Å². The van der Waals surface area contributed by atoms with Crippen LogP contribution in [0.4, 0.5) is 0 Å². The van der Waals surface area contributed by atoms with Crippen LogP contribution in [0.15, 0.2) is 0 Å². The summed E-state index contributed by atoms with van der Waals surface area (Å²) in [5, 5.41) is 0. The second kappa shape index (κ2) is 6.55. The molecule has 0 unspecified atom stereocenters. The molecule has 1 amide bonds. The van der Waals surface area contributed by atoms with E-state index in [0.717, 1.165) is 19.5 Å². The Morgan fingerprint density at radius 2 is 1.78 bits per heavy atom. The molecule has 0 aromatic heterocycles. The second-order valence-electron chi connectivity index (χ2n) is 5.73. The van der Waals surface area contributed by atoms with Crippen molar-refractivity contribution in [1.29, 1.82) is 0 Å². The Labute approximate surface area is 113 Å². The van der Waals surface area contributed by atoms with Gasteiger partial charge < -0.3 is 9.80 Å². The maximum atomic E-state index is 12.0. The van der Waals surface area contributed by atoms with Crippen molar-refractivity contribution in [3.63, 3.8) is 0 Å². The zero-order chi connectivity index (χ0) is 13.8. The molecule has 2 aliphatic heterocycles. The van der Waals surface area contributed by atoms with Crippen LogP contribution in [-0.4, -0.2) is 47.9 Å². The Kier molecular flexibility index (Phi) is 5.64. The molecule has 3 heteroatoms. The molecule has 1 spiro atoms. The summed E-state index contributed by atoms with van der Waals surface area (Å²) in [5.41, 5.74) is 0.313. The molecule has 0 aromatic rings. The van der Waals surface area contributed by atoms with Gasteiger partial charge in [-0.1, -0.05) is 20.8 Å². The normalized spacial score (nSPS) is 23.4. The predicted octanol–water partition coefficient (Wildman–Crippen LogP) is 2.76. The van der Waals surface area contributed by atoms with E-state index in [1.54, 1.807) is 0 Å². The third-order valence-electron chi connectivity index (χ3n) is 4.34. The fraction of sp³-hybridized carbons (Fsp3) is 0.933. The first-order valence-electron chi connectivity index (χ1n) is 7.58. The average Bonchev–Trinajstić information content (AvgIpc) is 2.70. The molecule has 2 fully saturated rings. The van der Waals surface area contributed by atoms with Crippen molar-refractivity contribution in [3.05, 3.63) is 0 Å². The SMILES string of the molecule is CC.CCN1CCC2(CC1)CC(=O)N(C(C)C)C2. The standard InChI is InChI=1S/C13H24N2O.C2H6/c1-4-14-7-5-13(6-8-14)9-12(16)15(10-13)11(2)3;1-2/h11H,4-10H2,1-3H3;1-2H3. The molecule has 0 aliphatic carbocycles. The molecule has 2 rings (SSSR count). The molecule has 3 nitrogen and oxygen atoms in total. The molecule has 2 aliphatic rings. The number of piperidine rings is 1. The Morgan fingerprint density at radius 1 is 1.22 bits per heavy atom. The van der Waals surface area contributed by atoms with Crippen molar-refractivity contribution in [1.82, 2.24) is 9.80 Å². The Hall–Kier alpha value is -0.570. The number of carbonyl (C=O) groups is 1. The Balaban J connectivity index is 0.000000771. The maximum absolute atomic E-state index is 12.0. The lowest BCUT2D eigenvalue weighted by molar-refractivity contribution is -0.129. The predicted molar refractivity (Wildman–Crippen MR) is 76.6 cm³/mol. The first-order valence-corrected chi connectivity index (χ1v) is 7.58. The number of carbonyl (C=O) groups excluding carboxylic acids is 1. The minimum atomic E-state index is 0.313. The van der Waals surface area contributed by atoms with Gasteiger partial charge in [0, 0.05) is 19.0 Å². The number of likely N-dealkylation sites (tertiary alicyclic amines) is 2. The molecule has 0 bridgehead atoms. The van der Waals surface area contributed by atoms with Gasteiger partial charge in [0.05, 0.1) is 0 Å². The van der Waals surface area contributed by atoms with E-state index in [2.05, 4.69) is 30.6 Å². The quantitative estimate of drug-likeness (QED) is 0.756. The largest absolute Gasteiger partial charge is 0.340 e. The molecule has 0 radical (unpaired) electrons. The van der Waals surface area contributed by atoms with Gasteiger partial charge in [-0.3, -0.25) is 4.79 Å². The highest BCUT2D eigenvalue weighted by atomic mass is 16.2. The minimum absolute atomic E-state index is 0.313. The third kappa shape index (κ3) is 3.25. The summed E-state index contributed by atoms with van der Waals surface area (Å²) >= 11 is 0. The van der Waals surface area contributed by atoms with E-state index in [0.29, 0.717) is 17.4 Å². The zero-order valence-electron chi connectivity index (χ0n) is 12.8. The molecule has 2 saturated heterocycles. The fourth-order valence-electron chi connectivity index (χ4n) is 3.08. The molecule has 2 heterocycles. The first-order chi connectivity index (χ1) is 8.56. The Bertz CT molecular complexity index is 268. The monoisotopic (exact) mass is 254 g/mol. The lowest BCUT2D eigenvalue weighted by Gasteiger charge is -2.38. The lowest BCUT2D eigenvalue weighted by Crippen LogP contribution is -2.42. The molecule has 0 N–H and O–H groups in total. The van der Waals surface area contributed by atoms with Gasteiger partial charge in [0.1, 0.15) is 0 Å². The van der Waals surface area contributed by atoms with Crippen LogP contribution in [0.5, 0.6) is 0 Å². The highest BCUT2D eigenvalue weighted by Crippen LogP contribution is 2.41. The van der Waals surface area contributed by atoms with E-state index in [-0.39, 0.29) is 0 Å². The van der Waals surface area contributed by atoms with Crippen LogP contribution in [0.1, 0.15) is 53.9 Å². The molecule has 18 heavy (non-hydrogen) atoms. The third-order valence-corrected chi connectivity index (χ3v) is 4.34. The molecule has 0 saturated carbocycles. The van der Waals surface area contributed by atoms with Gasteiger partial charge in [-0.05, 0) is 51.7 Å². The zero-order valence-corrected chi connectivity index (χ0v) is 12.8. The van der Waals surface area contributed by atoms with Crippen LogP contribution < -0.4 is 0 Å². The van der Waals surface area contributed by atoms with Gasteiger partial charge in [0.2, 0.25) is 5.91 Å². The summed E-state index contributed by atoms with van der Waals surface area (Å²) in [6.45, 7) is 15.0. The Morgan fingerprint density at radius 3 is 2.17 bits per heavy atom. The van der Waals surface area contributed by atoms with Crippen molar-refractivity contribution in [2.24, 2.45) is 5.41 Å². The van der Waals surface area contributed by atoms with Crippen molar-refractivity contribution < 1.29 is 4.79 Å². The van der Waals surface area contributed by atoms with Crippen molar-refractivity contribution in [2.45, 2.75) is 59.9 Å². The number of hydrogen-bond acceptors (Lipinski definition) is 2. The number of hydrogen-bond donors (Lipinski definition) is 0. The lowest BCUT2D eigenvalue weighted by atomic mass is 9.77. The summed E-state index contributed by atoms with van der Waals surface area (Å²) in [7, 11) is 0. The first kappa shape index (κ1) is 15.5. The topological polar surface area (TPSA) is 23.6 Å². The number of nitrogens with zero attached hydrogens (tertiary/aromatic N) is 2. The molecular formula is C15H30N2O. The maximum Gasteiger partial charge on any atom is 0.223 e. The van der Waals surface area contributed by atoms with E-state index in [1.807, 2.05) is 13.8 Å². The van der Waals surface area contributed by atoms with Gasteiger partial charge in [0.25, 0.3) is 0 Å². The summed E-state index contributed by atoms with van der Waals surface area (Å²) in [6.07, 6.45) is 3.20. The minimum Gasteiger partial charge on any atom is -0.340 e. The van der Waals surface area contributed by atoms with E-state index < -0.39 is 0 Å². The van der Waals surface area contributed by atoms with Gasteiger partial charge in [0.15, 0.2) is 0 Å². The van der Waals surface area contributed by atoms with Gasteiger partial charge in [-0.2, -0.15) is 0 Å². The fourth-order valence-corrected chi connectivity index (χ4v) is 3.08. The van der Waals surface area contributed by atoms with E-state index >= 15 is 0 Å². The van der Waals surface area contributed by atoms with Crippen molar-refractivity contribution in [3.8, 4) is 0 Å². The summed E-state index contributed by atoms with van der Waals surface area (Å²) in [6, 6.07) is 0.371. The molecule has 0 atom stereocenters. The van der Waals surface area contributed by atoms with E-state index in [4.69, 9.17) is 0 Å². The van der Waals surface area contributed by atoms with Crippen LogP contribution in [0.2, 0.25) is 0 Å². The van der Waals surface area contributed by atoms with Crippen LogP contribution >= 0.6 is 0 Å². The number of amides is 1. The van der Waals surface area contributed by atoms with Crippen LogP contribution in [-0.2, 0) is 4.79 Å². The smallest absolute Gasteiger partial charge is 0.223 e. The highest BCUT2D eigenvalue weighted by Gasteiger charge is 2.45. The van der Waals surface area contributed by atoms with Crippen LogP contribution in [0, 0.1) is 5.41 Å². The van der Waals surface area contributed by atoms with Gasteiger partial charge >= 0.3 is 0 Å². The van der Waals surface area contributed by atoms with E-state index in [1.165, 1.54) is 25.9 Å². The average molecular weight is 254 g/mol. The van der Waals surface area contributed by atoms with Crippen molar-refractivity contribution >= 4 is 5.91 Å². The van der Waals surface area contributed by atoms with Crippen molar-refractivity contribution in [2.75, 3.05) is 26.2 Å². The summed E-state index contributed by atoms with van der Waals surface area (Å²) < 4.78 is 0. The molecule has 106 valence electrons. The van der Waals surface area contributed by atoms with Crippen LogP contribution in [0.25, 0.3) is 0 Å². The highest BCUT2D eigenvalue weighted by molar-refractivity contribution is 5.79. The summed E-state index contributed by atoms with van der Waals surface area (Å²) in [5.74, 6) is 0.375. The van der Waals surface area contributed by atoms with E-state index in [9.17, 15) is 4.79 Å². The van der Waals surface area contributed by atoms with Gasteiger partial charge in [-0.15, -0.1) is 0 Å². The molecule has 0 aromatic carbocycles. The second-order valence-corrected chi connectivity index (χ2v) is 5.73.